The van der Waals surface area contributed by atoms with E-state index in [9.17, 15) is 4.79 Å². The molecule has 0 fully saturated rings. The van der Waals surface area contributed by atoms with E-state index >= 15 is 0 Å². The summed E-state index contributed by atoms with van der Waals surface area (Å²) in [6.07, 6.45) is 5.47. The summed E-state index contributed by atoms with van der Waals surface area (Å²) in [6, 6.07) is 11.2. The Morgan fingerprint density at radius 2 is 2.06 bits per heavy atom. The van der Waals surface area contributed by atoms with E-state index in [4.69, 9.17) is 11.6 Å². The number of allylic oxidation sites excluding steroid dienone is 1. The lowest BCUT2D eigenvalue weighted by molar-refractivity contribution is -0.115. The average Bonchev–Trinajstić information content (AvgIpc) is 3.50. The van der Waals surface area contributed by atoms with E-state index < -0.39 is 0 Å². The van der Waals surface area contributed by atoms with E-state index in [1.54, 1.807) is 12.4 Å². The Balaban J connectivity index is 1.45. The van der Waals surface area contributed by atoms with Gasteiger partial charge in [-0.25, -0.2) is 0 Å². The maximum Gasteiger partial charge on any atom is 0.230 e. The summed E-state index contributed by atoms with van der Waals surface area (Å²) >= 11 is 7.83. The number of carbonyl (C=O) groups excluding carboxylic acids is 1. The number of amides is 1. The summed E-state index contributed by atoms with van der Waals surface area (Å²) in [5, 5.41) is 24.6. The highest BCUT2D eigenvalue weighted by atomic mass is 35.5. The van der Waals surface area contributed by atoms with E-state index in [0.717, 1.165) is 21.7 Å². The maximum absolute atomic E-state index is 12.4. The number of nitrogens with one attached hydrogen (secondary N) is 3. The van der Waals surface area contributed by atoms with Gasteiger partial charge < -0.3 is 10.6 Å². The molecule has 0 saturated heterocycles. The Hall–Kier alpha value is -3.82. The largest absolute Gasteiger partial charge is 0.329 e. The molecule has 0 radical (unpaired) electrons. The first-order valence-corrected chi connectivity index (χ1v) is 11.6. The molecule has 10 heteroatoms. The molecule has 3 N–H and O–H groups in total. The highest BCUT2D eigenvalue weighted by molar-refractivity contribution is 7.18. The van der Waals surface area contributed by atoms with E-state index in [1.807, 2.05) is 56.3 Å². The molecule has 0 unspecified atom stereocenters. The van der Waals surface area contributed by atoms with Gasteiger partial charge in [-0.2, -0.15) is 5.10 Å². The number of aromatic nitrogens is 5. The van der Waals surface area contributed by atoms with E-state index in [1.165, 1.54) is 11.3 Å². The molecular weight excluding hydrogens is 470 g/mol. The number of hydrogen-bond acceptors (Lipinski definition) is 7. The molecule has 172 valence electrons. The Labute approximate surface area is 205 Å². The fraction of sp³-hybridized carbons (Fsp3) is 0.125. The van der Waals surface area contributed by atoms with Gasteiger partial charge in [0, 0.05) is 28.4 Å². The zero-order chi connectivity index (χ0) is 24.1. The molecule has 0 atom stereocenters. The summed E-state index contributed by atoms with van der Waals surface area (Å²) in [5.74, 6) is -0.141. The molecule has 3 heterocycles. The van der Waals surface area contributed by atoms with Crippen molar-refractivity contribution < 1.29 is 4.79 Å². The van der Waals surface area contributed by atoms with Gasteiger partial charge in [-0.3, -0.25) is 14.9 Å². The number of pyridine rings is 1. The molecule has 0 aliphatic rings. The molecule has 0 bridgehead atoms. The van der Waals surface area contributed by atoms with Crippen molar-refractivity contribution in [1.29, 1.82) is 0 Å². The van der Waals surface area contributed by atoms with Crippen LogP contribution in [0.2, 0.25) is 0 Å². The lowest BCUT2D eigenvalue weighted by Gasteiger charge is -2.06. The highest BCUT2D eigenvalue weighted by Crippen LogP contribution is 2.29. The van der Waals surface area contributed by atoms with Gasteiger partial charge in [0.15, 0.2) is 0 Å². The molecule has 1 amide bonds. The minimum absolute atomic E-state index is 0.141. The third-order valence-corrected chi connectivity index (χ3v) is 6.17. The Kier molecular flexibility index (Phi) is 7.15. The Bertz CT molecular complexity index is 1460. The molecule has 0 aliphatic heterocycles. The van der Waals surface area contributed by atoms with Gasteiger partial charge in [-0.15, -0.1) is 10.2 Å². The Morgan fingerprint density at radius 3 is 2.82 bits per heavy atom. The fourth-order valence-electron chi connectivity index (χ4n) is 3.13. The third kappa shape index (κ3) is 5.56. The van der Waals surface area contributed by atoms with Gasteiger partial charge in [0.05, 0.1) is 28.7 Å². The molecule has 0 saturated carbocycles. The van der Waals surface area contributed by atoms with E-state index in [-0.39, 0.29) is 12.3 Å². The van der Waals surface area contributed by atoms with E-state index in [0.29, 0.717) is 32.2 Å². The van der Waals surface area contributed by atoms with Crippen molar-refractivity contribution in [1.82, 2.24) is 25.4 Å². The second-order valence-corrected chi connectivity index (χ2v) is 8.80. The maximum atomic E-state index is 12.4. The van der Waals surface area contributed by atoms with Crippen LogP contribution < -0.4 is 21.2 Å². The number of hydrogen-bond donors (Lipinski definition) is 3. The average molecular weight is 492 g/mol. The molecule has 4 rings (SSSR count). The number of halogens is 1. The van der Waals surface area contributed by atoms with Crippen LogP contribution in [0.3, 0.4) is 0 Å². The van der Waals surface area contributed by atoms with Crippen molar-refractivity contribution in [2.75, 3.05) is 10.6 Å². The van der Waals surface area contributed by atoms with Crippen molar-refractivity contribution >= 4 is 50.8 Å². The van der Waals surface area contributed by atoms with Crippen molar-refractivity contribution in [3.8, 4) is 10.6 Å². The van der Waals surface area contributed by atoms with Crippen LogP contribution in [-0.4, -0.2) is 31.3 Å². The second kappa shape index (κ2) is 10.4. The number of benzene rings is 1. The number of aromatic amines is 1. The minimum Gasteiger partial charge on any atom is -0.329 e. The van der Waals surface area contributed by atoms with Gasteiger partial charge in [0.25, 0.3) is 0 Å². The van der Waals surface area contributed by atoms with Crippen molar-refractivity contribution in [2.45, 2.75) is 20.3 Å². The smallest absolute Gasteiger partial charge is 0.230 e. The minimum atomic E-state index is -0.141. The predicted molar refractivity (Wildman–Crippen MR) is 137 cm³/mol. The summed E-state index contributed by atoms with van der Waals surface area (Å²) in [4.78, 5) is 16.7. The molecule has 0 aliphatic carbocycles. The standard InChI is InChI=1S/C24H22ClN7OS/c1-4-20-19(13-27-30-20)22(25)15(3)28-24-32-31-23(34-24)16-6-5-7-18(10-16)29-21(33)11-17-9-8-14(2)12-26-17/h4-10,12-13,30H,3,11H2,1-2H3,(H,28,32)(H,29,33)/b20-4+,22-19+. The first-order chi connectivity index (χ1) is 16.4. The molecule has 0 spiro atoms. The van der Waals surface area contributed by atoms with Crippen LogP contribution in [0.5, 0.6) is 0 Å². The van der Waals surface area contributed by atoms with Crippen molar-refractivity contribution in [3.05, 3.63) is 82.9 Å². The zero-order valence-corrected chi connectivity index (χ0v) is 20.2. The lowest BCUT2D eigenvalue weighted by atomic mass is 10.2. The van der Waals surface area contributed by atoms with Crippen LogP contribution in [0, 0.1) is 6.92 Å². The van der Waals surface area contributed by atoms with Crippen molar-refractivity contribution in [3.63, 3.8) is 0 Å². The van der Waals surface area contributed by atoms with Crippen LogP contribution >= 0.6 is 22.9 Å². The number of anilines is 2. The van der Waals surface area contributed by atoms with E-state index in [2.05, 4.69) is 42.6 Å². The van der Waals surface area contributed by atoms with Gasteiger partial charge in [0.1, 0.15) is 5.01 Å². The summed E-state index contributed by atoms with van der Waals surface area (Å²) in [7, 11) is 0. The number of carbonyl (C=O) groups is 1. The molecular formula is C24H22ClN7OS. The molecule has 8 nitrogen and oxygen atoms in total. The molecule has 4 aromatic rings. The molecule has 34 heavy (non-hydrogen) atoms. The molecule has 1 aromatic carbocycles. The number of H-pyrrole nitrogens is 1. The normalized spacial score (nSPS) is 12.4. The van der Waals surface area contributed by atoms with Crippen LogP contribution in [0.15, 0.2) is 61.1 Å². The summed E-state index contributed by atoms with van der Waals surface area (Å²) in [5.41, 5.74) is 3.75. The molecule has 3 aromatic heterocycles. The quantitative estimate of drug-likeness (QED) is 0.364. The van der Waals surface area contributed by atoms with Crippen LogP contribution in [0.4, 0.5) is 10.8 Å². The monoisotopic (exact) mass is 491 g/mol. The van der Waals surface area contributed by atoms with Crippen LogP contribution in [0.1, 0.15) is 18.2 Å². The Morgan fingerprint density at radius 1 is 1.21 bits per heavy atom. The number of rotatable bonds is 7. The number of aryl methyl sites for hydroxylation is 1. The van der Waals surface area contributed by atoms with Crippen LogP contribution in [0.25, 0.3) is 21.7 Å². The summed E-state index contributed by atoms with van der Waals surface area (Å²) in [6.45, 7) is 7.85. The topological polar surface area (TPSA) is 108 Å². The SMILES string of the molecule is C=C(Nc1nnc(-c2cccc(NC(=O)Cc3ccc(C)cn3)c2)s1)/C(Cl)=c1/cn[nH]/c1=C/C. The van der Waals surface area contributed by atoms with Crippen LogP contribution in [-0.2, 0) is 11.2 Å². The van der Waals surface area contributed by atoms with Crippen molar-refractivity contribution in [2.24, 2.45) is 0 Å². The number of nitrogens with zero attached hydrogens (tertiary/aromatic N) is 4. The third-order valence-electron chi connectivity index (χ3n) is 4.85. The first kappa shape index (κ1) is 23.3. The second-order valence-electron chi connectivity index (χ2n) is 7.45. The fourth-order valence-corrected chi connectivity index (χ4v) is 4.09. The predicted octanol–water partition coefficient (Wildman–Crippen LogP) is 3.59. The van der Waals surface area contributed by atoms with Gasteiger partial charge >= 0.3 is 0 Å². The summed E-state index contributed by atoms with van der Waals surface area (Å²) < 4.78 is 0. The zero-order valence-electron chi connectivity index (χ0n) is 18.6. The van der Waals surface area contributed by atoms with Gasteiger partial charge in [-0.05, 0) is 37.6 Å². The highest BCUT2D eigenvalue weighted by Gasteiger charge is 2.11. The lowest BCUT2D eigenvalue weighted by Crippen LogP contribution is -2.24. The van der Waals surface area contributed by atoms with Gasteiger partial charge in [0.2, 0.25) is 11.0 Å². The first-order valence-electron chi connectivity index (χ1n) is 10.4. The van der Waals surface area contributed by atoms with Gasteiger partial charge in [-0.1, -0.05) is 53.8 Å².